The van der Waals surface area contributed by atoms with Crippen molar-refractivity contribution in [3.05, 3.63) is 42.0 Å². The van der Waals surface area contributed by atoms with E-state index in [9.17, 15) is 4.79 Å². The predicted molar refractivity (Wildman–Crippen MR) is 42.5 cm³/mol. The van der Waals surface area contributed by atoms with E-state index in [1.165, 1.54) is 6.08 Å². The fourth-order valence-corrected chi connectivity index (χ4v) is 0.825. The Labute approximate surface area is 65.3 Å². The van der Waals surface area contributed by atoms with Crippen molar-refractivity contribution in [1.29, 1.82) is 0 Å². The Morgan fingerprint density at radius 3 is 2.55 bits per heavy atom. The highest BCUT2D eigenvalue weighted by Crippen LogP contribution is 2.10. The summed E-state index contributed by atoms with van der Waals surface area (Å²) in [4.78, 5) is 9.89. The van der Waals surface area contributed by atoms with Crippen LogP contribution in [0.2, 0.25) is 0 Å². The Balaban J connectivity index is 2.84. The number of rotatable bonds is 2. The fraction of sp³-hybridized carbons (Fsp3) is 0.111. The molecule has 0 saturated carbocycles. The molecule has 1 aromatic rings. The standard InChI is InChI=1S/C9H8NO/c10-9(6-7-11)8-4-2-1-3-5-8/h1-6,9-10H. The topological polar surface area (TPSA) is 40.9 Å². The summed E-state index contributed by atoms with van der Waals surface area (Å²) >= 11 is 0. The third-order valence-electron chi connectivity index (χ3n) is 1.39. The highest BCUT2D eigenvalue weighted by atomic mass is 16.1. The summed E-state index contributed by atoms with van der Waals surface area (Å²) < 4.78 is 0. The van der Waals surface area contributed by atoms with Crippen molar-refractivity contribution in [2.24, 2.45) is 0 Å². The number of hydrogen-bond donors (Lipinski definition) is 0. The van der Waals surface area contributed by atoms with Crippen molar-refractivity contribution in [3.63, 3.8) is 0 Å². The summed E-state index contributed by atoms with van der Waals surface area (Å²) in [5.41, 5.74) is 8.21. The molecular formula is C9H8NO. The Hall–Kier alpha value is -1.37. The van der Waals surface area contributed by atoms with E-state index in [-0.39, 0.29) is 0 Å². The van der Waals surface area contributed by atoms with Gasteiger partial charge in [0.25, 0.3) is 0 Å². The van der Waals surface area contributed by atoms with Gasteiger partial charge in [-0.15, -0.1) is 0 Å². The first-order valence-electron chi connectivity index (χ1n) is 3.31. The first-order valence-corrected chi connectivity index (χ1v) is 3.31. The molecule has 0 aliphatic carbocycles. The number of benzene rings is 1. The first-order chi connectivity index (χ1) is 5.34. The maximum atomic E-state index is 9.89. The van der Waals surface area contributed by atoms with Crippen molar-refractivity contribution in [1.82, 2.24) is 5.73 Å². The summed E-state index contributed by atoms with van der Waals surface area (Å²) in [5, 5.41) is 0. The lowest BCUT2D eigenvalue weighted by atomic mass is 10.1. The maximum absolute atomic E-state index is 9.89. The van der Waals surface area contributed by atoms with E-state index in [1.807, 2.05) is 30.3 Å². The lowest BCUT2D eigenvalue weighted by Gasteiger charge is -2.01. The summed E-state index contributed by atoms with van der Waals surface area (Å²) in [6.07, 6.45) is 1.19. The molecule has 2 nitrogen and oxygen atoms in total. The molecule has 1 rings (SSSR count). The van der Waals surface area contributed by atoms with E-state index in [2.05, 4.69) is 0 Å². The molecule has 0 aromatic heterocycles. The highest BCUT2D eigenvalue weighted by molar-refractivity contribution is 5.48. The van der Waals surface area contributed by atoms with Crippen LogP contribution in [0.5, 0.6) is 0 Å². The molecule has 2 heteroatoms. The molecule has 0 aliphatic heterocycles. The second kappa shape index (κ2) is 3.71. The van der Waals surface area contributed by atoms with Crippen molar-refractivity contribution >= 4 is 5.94 Å². The Morgan fingerprint density at radius 1 is 1.36 bits per heavy atom. The van der Waals surface area contributed by atoms with E-state index in [4.69, 9.17) is 5.73 Å². The molecule has 1 radical (unpaired) electrons. The summed E-state index contributed by atoms with van der Waals surface area (Å²) in [6, 6.07) is 8.61. The Kier molecular flexibility index (Phi) is 2.61. The molecule has 1 unspecified atom stereocenters. The Bertz CT molecular complexity index is 262. The SMILES string of the molecule is [NH]C(C=C=O)c1ccccc1. The van der Waals surface area contributed by atoms with Gasteiger partial charge in [0.1, 0.15) is 5.94 Å². The van der Waals surface area contributed by atoms with Gasteiger partial charge in [-0.2, -0.15) is 0 Å². The van der Waals surface area contributed by atoms with Gasteiger partial charge in [0.2, 0.25) is 0 Å². The number of carbonyl (C=O) groups excluding carboxylic acids is 1. The maximum Gasteiger partial charge on any atom is 0.122 e. The molecule has 0 bridgehead atoms. The molecule has 1 N–H and O–H groups in total. The van der Waals surface area contributed by atoms with E-state index in [0.29, 0.717) is 0 Å². The van der Waals surface area contributed by atoms with Crippen molar-refractivity contribution in [2.45, 2.75) is 6.04 Å². The van der Waals surface area contributed by atoms with Gasteiger partial charge in [-0.25, -0.2) is 10.5 Å². The molecule has 0 spiro atoms. The zero-order valence-electron chi connectivity index (χ0n) is 5.95. The largest absolute Gasteiger partial charge is 0.245 e. The highest BCUT2D eigenvalue weighted by Gasteiger charge is 1.99. The van der Waals surface area contributed by atoms with Crippen LogP contribution in [0.15, 0.2) is 36.4 Å². The van der Waals surface area contributed by atoms with Crippen LogP contribution in [-0.2, 0) is 4.79 Å². The second-order valence-electron chi connectivity index (χ2n) is 2.17. The molecule has 0 heterocycles. The average molecular weight is 146 g/mol. The van der Waals surface area contributed by atoms with Crippen molar-refractivity contribution in [2.75, 3.05) is 0 Å². The van der Waals surface area contributed by atoms with Crippen LogP contribution in [0.25, 0.3) is 0 Å². The van der Waals surface area contributed by atoms with Crippen LogP contribution in [0.3, 0.4) is 0 Å². The first kappa shape index (κ1) is 7.73. The lowest BCUT2D eigenvalue weighted by Crippen LogP contribution is -1.94. The third-order valence-corrected chi connectivity index (χ3v) is 1.39. The van der Waals surface area contributed by atoms with Crippen LogP contribution >= 0.6 is 0 Å². The minimum atomic E-state index is -0.575. The van der Waals surface area contributed by atoms with Crippen LogP contribution in [0.4, 0.5) is 0 Å². The van der Waals surface area contributed by atoms with Gasteiger partial charge >= 0.3 is 0 Å². The molecule has 1 aromatic carbocycles. The minimum absolute atomic E-state index is 0.575. The third kappa shape index (κ3) is 2.04. The summed E-state index contributed by atoms with van der Waals surface area (Å²) in [7, 11) is 0. The van der Waals surface area contributed by atoms with Crippen LogP contribution in [0, 0.1) is 0 Å². The predicted octanol–water partition coefficient (Wildman–Crippen LogP) is 1.40. The fourth-order valence-electron chi connectivity index (χ4n) is 0.825. The van der Waals surface area contributed by atoms with Gasteiger partial charge in [0, 0.05) is 6.08 Å². The number of hydrogen-bond acceptors (Lipinski definition) is 1. The van der Waals surface area contributed by atoms with Gasteiger partial charge in [0.05, 0.1) is 6.04 Å². The molecule has 0 fully saturated rings. The average Bonchev–Trinajstić information content (AvgIpc) is 2.07. The number of nitrogens with one attached hydrogen (secondary N) is 1. The molecule has 0 saturated heterocycles. The van der Waals surface area contributed by atoms with Gasteiger partial charge in [0.15, 0.2) is 0 Å². The smallest absolute Gasteiger partial charge is 0.122 e. The van der Waals surface area contributed by atoms with Crippen LogP contribution < -0.4 is 5.73 Å². The van der Waals surface area contributed by atoms with Crippen LogP contribution in [-0.4, -0.2) is 5.94 Å². The summed E-state index contributed by atoms with van der Waals surface area (Å²) in [6.45, 7) is 0. The molecular weight excluding hydrogens is 138 g/mol. The minimum Gasteiger partial charge on any atom is -0.245 e. The van der Waals surface area contributed by atoms with E-state index >= 15 is 0 Å². The van der Waals surface area contributed by atoms with E-state index < -0.39 is 6.04 Å². The normalized spacial score (nSPS) is 11.7. The van der Waals surface area contributed by atoms with Gasteiger partial charge < -0.3 is 0 Å². The van der Waals surface area contributed by atoms with Crippen molar-refractivity contribution in [3.8, 4) is 0 Å². The monoisotopic (exact) mass is 146 g/mol. The van der Waals surface area contributed by atoms with Gasteiger partial charge in [-0.1, -0.05) is 30.3 Å². The van der Waals surface area contributed by atoms with E-state index in [1.54, 1.807) is 5.94 Å². The van der Waals surface area contributed by atoms with Gasteiger partial charge in [-0.3, -0.25) is 0 Å². The van der Waals surface area contributed by atoms with Gasteiger partial charge in [-0.05, 0) is 5.56 Å². The zero-order valence-corrected chi connectivity index (χ0v) is 5.95. The second-order valence-corrected chi connectivity index (χ2v) is 2.17. The molecule has 55 valence electrons. The molecule has 0 amide bonds. The summed E-state index contributed by atoms with van der Waals surface area (Å²) in [5.74, 6) is 1.60. The lowest BCUT2D eigenvalue weighted by molar-refractivity contribution is 0.567. The molecule has 0 aliphatic rings. The van der Waals surface area contributed by atoms with E-state index in [0.717, 1.165) is 5.56 Å². The quantitative estimate of drug-likeness (QED) is 0.581. The van der Waals surface area contributed by atoms with Crippen molar-refractivity contribution < 1.29 is 4.79 Å². The van der Waals surface area contributed by atoms with Crippen LogP contribution in [0.1, 0.15) is 11.6 Å². The zero-order chi connectivity index (χ0) is 8.10. The molecule has 1 atom stereocenters. The Morgan fingerprint density at radius 2 is 2.00 bits per heavy atom. The molecule has 11 heavy (non-hydrogen) atoms.